The largest absolute Gasteiger partial charge is 0.481 e. The highest BCUT2D eigenvalue weighted by Gasteiger charge is 2.17. The van der Waals surface area contributed by atoms with Gasteiger partial charge in [-0.3, -0.25) is 4.79 Å². The summed E-state index contributed by atoms with van der Waals surface area (Å²) in [6.45, 7) is 0.630. The Morgan fingerprint density at radius 1 is 1.56 bits per heavy atom. The molecule has 2 heterocycles. The van der Waals surface area contributed by atoms with Crippen LogP contribution in [0, 0.1) is 0 Å². The molecule has 1 unspecified atom stereocenters. The molecule has 1 amide bonds. The standard InChI is InChI=1S/C10H14N4O2/c1-16-10-4-8(12-6-13-10)14-7-2-3-9(15)11-5-7/h4,6-7H,2-3,5H2,1H3,(H,11,15)(H,12,13,14). The smallest absolute Gasteiger partial charge is 0.220 e. The van der Waals surface area contributed by atoms with Crippen LogP contribution in [0.3, 0.4) is 0 Å². The monoisotopic (exact) mass is 222 g/mol. The summed E-state index contributed by atoms with van der Waals surface area (Å²) >= 11 is 0. The van der Waals surface area contributed by atoms with E-state index in [1.165, 1.54) is 6.33 Å². The average Bonchev–Trinajstić information content (AvgIpc) is 2.32. The van der Waals surface area contributed by atoms with Crippen molar-refractivity contribution in [3.8, 4) is 5.88 Å². The van der Waals surface area contributed by atoms with Crippen molar-refractivity contribution in [1.82, 2.24) is 15.3 Å². The molecule has 1 fully saturated rings. The Morgan fingerprint density at radius 3 is 3.12 bits per heavy atom. The Kier molecular flexibility index (Phi) is 3.19. The molecule has 1 aromatic rings. The van der Waals surface area contributed by atoms with Gasteiger partial charge >= 0.3 is 0 Å². The molecule has 0 aromatic carbocycles. The number of ether oxygens (including phenoxy) is 1. The molecule has 1 aromatic heterocycles. The highest BCUT2D eigenvalue weighted by Crippen LogP contribution is 2.13. The van der Waals surface area contributed by atoms with Gasteiger partial charge in [-0.15, -0.1) is 0 Å². The van der Waals surface area contributed by atoms with E-state index < -0.39 is 0 Å². The van der Waals surface area contributed by atoms with Crippen LogP contribution in [0.1, 0.15) is 12.8 Å². The van der Waals surface area contributed by atoms with Crippen molar-refractivity contribution in [1.29, 1.82) is 0 Å². The molecule has 16 heavy (non-hydrogen) atoms. The minimum absolute atomic E-state index is 0.110. The first-order chi connectivity index (χ1) is 7.78. The van der Waals surface area contributed by atoms with E-state index in [0.717, 1.165) is 6.42 Å². The third kappa shape index (κ3) is 2.59. The summed E-state index contributed by atoms with van der Waals surface area (Å²) in [5.74, 6) is 1.35. The predicted molar refractivity (Wildman–Crippen MR) is 58.2 cm³/mol. The lowest BCUT2D eigenvalue weighted by Gasteiger charge is -2.23. The number of anilines is 1. The number of piperidine rings is 1. The van der Waals surface area contributed by atoms with E-state index >= 15 is 0 Å². The number of hydrogen-bond donors (Lipinski definition) is 2. The molecule has 1 aliphatic heterocycles. The SMILES string of the molecule is COc1cc(NC2CCC(=O)NC2)ncn1. The van der Waals surface area contributed by atoms with Crippen LogP contribution in [-0.4, -0.2) is 35.6 Å². The minimum atomic E-state index is 0.110. The molecule has 1 atom stereocenters. The minimum Gasteiger partial charge on any atom is -0.481 e. The normalized spacial score (nSPS) is 20.1. The van der Waals surface area contributed by atoms with Gasteiger partial charge in [-0.1, -0.05) is 0 Å². The number of rotatable bonds is 3. The van der Waals surface area contributed by atoms with E-state index in [4.69, 9.17) is 4.74 Å². The Balaban J connectivity index is 1.95. The van der Waals surface area contributed by atoms with Crippen LogP contribution in [0.5, 0.6) is 5.88 Å². The first kappa shape index (κ1) is 10.7. The van der Waals surface area contributed by atoms with E-state index in [0.29, 0.717) is 24.7 Å². The molecule has 2 N–H and O–H groups in total. The fourth-order valence-electron chi connectivity index (χ4n) is 1.60. The summed E-state index contributed by atoms with van der Waals surface area (Å²) in [4.78, 5) is 19.0. The zero-order valence-electron chi connectivity index (χ0n) is 9.06. The van der Waals surface area contributed by atoms with E-state index in [-0.39, 0.29) is 11.9 Å². The number of hydrogen-bond acceptors (Lipinski definition) is 5. The van der Waals surface area contributed by atoms with Gasteiger partial charge in [-0.05, 0) is 6.42 Å². The topological polar surface area (TPSA) is 76.1 Å². The fraction of sp³-hybridized carbons (Fsp3) is 0.500. The molecule has 6 heteroatoms. The van der Waals surface area contributed by atoms with Gasteiger partial charge in [-0.25, -0.2) is 9.97 Å². The van der Waals surface area contributed by atoms with Crippen LogP contribution < -0.4 is 15.4 Å². The third-order valence-electron chi connectivity index (χ3n) is 2.47. The molecule has 0 radical (unpaired) electrons. The van der Waals surface area contributed by atoms with Crippen LogP contribution >= 0.6 is 0 Å². The van der Waals surface area contributed by atoms with Crippen LogP contribution in [0.2, 0.25) is 0 Å². The Hall–Kier alpha value is -1.85. The van der Waals surface area contributed by atoms with E-state index in [9.17, 15) is 4.79 Å². The van der Waals surface area contributed by atoms with Gasteiger partial charge in [0.2, 0.25) is 11.8 Å². The maximum absolute atomic E-state index is 11.0. The van der Waals surface area contributed by atoms with Crippen LogP contribution in [0.15, 0.2) is 12.4 Å². The van der Waals surface area contributed by atoms with Crippen molar-refractivity contribution < 1.29 is 9.53 Å². The van der Waals surface area contributed by atoms with E-state index in [1.807, 2.05) is 0 Å². The number of methoxy groups -OCH3 is 1. The zero-order valence-corrected chi connectivity index (χ0v) is 9.06. The first-order valence-corrected chi connectivity index (χ1v) is 5.17. The quantitative estimate of drug-likeness (QED) is 0.762. The summed E-state index contributed by atoms with van der Waals surface area (Å²) in [5.41, 5.74) is 0. The molecular weight excluding hydrogens is 208 g/mol. The van der Waals surface area contributed by atoms with E-state index in [1.54, 1.807) is 13.2 Å². The number of amides is 1. The van der Waals surface area contributed by atoms with Gasteiger partial charge < -0.3 is 15.4 Å². The summed E-state index contributed by atoms with van der Waals surface area (Å²) in [7, 11) is 1.56. The van der Waals surface area contributed by atoms with Crippen molar-refractivity contribution >= 4 is 11.7 Å². The summed E-state index contributed by atoms with van der Waals surface area (Å²) in [6, 6.07) is 1.95. The molecule has 1 saturated heterocycles. The second-order valence-corrected chi connectivity index (χ2v) is 3.63. The van der Waals surface area contributed by atoms with Crippen LogP contribution in [0.25, 0.3) is 0 Å². The molecule has 2 rings (SSSR count). The zero-order chi connectivity index (χ0) is 11.4. The van der Waals surface area contributed by atoms with Crippen molar-refractivity contribution in [2.45, 2.75) is 18.9 Å². The number of nitrogens with one attached hydrogen (secondary N) is 2. The molecule has 1 aliphatic rings. The maximum atomic E-state index is 11.0. The lowest BCUT2D eigenvalue weighted by atomic mass is 10.1. The van der Waals surface area contributed by atoms with Crippen molar-refractivity contribution in [2.24, 2.45) is 0 Å². The molecule has 86 valence electrons. The second-order valence-electron chi connectivity index (χ2n) is 3.63. The predicted octanol–water partition coefficient (Wildman–Crippen LogP) is 0.176. The van der Waals surface area contributed by atoms with Gasteiger partial charge in [0.05, 0.1) is 7.11 Å². The average molecular weight is 222 g/mol. The molecule has 0 spiro atoms. The maximum Gasteiger partial charge on any atom is 0.220 e. The van der Waals surface area contributed by atoms with Crippen molar-refractivity contribution in [3.05, 3.63) is 12.4 Å². The second kappa shape index (κ2) is 4.78. The highest BCUT2D eigenvalue weighted by molar-refractivity contribution is 5.76. The molecule has 0 bridgehead atoms. The Morgan fingerprint density at radius 2 is 2.44 bits per heavy atom. The number of nitrogens with zero attached hydrogens (tertiary/aromatic N) is 2. The molecular formula is C10H14N4O2. The van der Waals surface area contributed by atoms with Gasteiger partial charge in [0.1, 0.15) is 12.1 Å². The lowest BCUT2D eigenvalue weighted by Crippen LogP contribution is -2.42. The van der Waals surface area contributed by atoms with Crippen molar-refractivity contribution in [2.75, 3.05) is 19.0 Å². The molecule has 6 nitrogen and oxygen atoms in total. The Labute approximate surface area is 93.4 Å². The summed E-state index contributed by atoms with van der Waals surface area (Å²) in [5, 5.41) is 6.04. The number of aromatic nitrogens is 2. The van der Waals surface area contributed by atoms with E-state index in [2.05, 4.69) is 20.6 Å². The van der Waals surface area contributed by atoms with Gasteiger partial charge in [0.15, 0.2) is 0 Å². The van der Waals surface area contributed by atoms with Crippen LogP contribution in [0.4, 0.5) is 5.82 Å². The summed E-state index contributed by atoms with van der Waals surface area (Å²) < 4.78 is 5.00. The molecule has 0 aliphatic carbocycles. The van der Waals surface area contributed by atoms with Gasteiger partial charge in [0, 0.05) is 25.1 Å². The van der Waals surface area contributed by atoms with Gasteiger partial charge in [0.25, 0.3) is 0 Å². The number of carbonyl (C=O) groups is 1. The first-order valence-electron chi connectivity index (χ1n) is 5.17. The van der Waals surface area contributed by atoms with Crippen molar-refractivity contribution in [3.63, 3.8) is 0 Å². The van der Waals surface area contributed by atoms with Gasteiger partial charge in [-0.2, -0.15) is 0 Å². The summed E-state index contributed by atoms with van der Waals surface area (Å²) in [6.07, 6.45) is 2.82. The Bertz CT molecular complexity index is 373. The molecule has 0 saturated carbocycles. The highest BCUT2D eigenvalue weighted by atomic mass is 16.5. The number of carbonyl (C=O) groups excluding carboxylic acids is 1. The van der Waals surface area contributed by atoms with Crippen LogP contribution in [-0.2, 0) is 4.79 Å². The third-order valence-corrected chi connectivity index (χ3v) is 2.47. The fourth-order valence-corrected chi connectivity index (χ4v) is 1.60. The lowest BCUT2D eigenvalue weighted by molar-refractivity contribution is -0.122.